The molecule has 1 aromatic heterocycles. The largest absolute Gasteiger partial charge is 0.456 e. The first-order valence-electron chi connectivity index (χ1n) is 33.8. The number of para-hydroxylation sites is 1. The highest BCUT2D eigenvalue weighted by atomic mass is 16.3. The zero-order valence-corrected chi connectivity index (χ0v) is 27.9. The second kappa shape index (κ2) is 13.2. The molecule has 0 fully saturated rings. The molecule has 0 spiro atoms. The smallest absolute Gasteiger partial charge is 0.137 e. The highest BCUT2D eigenvalue weighted by Crippen LogP contribution is 2.44. The van der Waals surface area contributed by atoms with Crippen LogP contribution < -0.4 is 4.90 Å². The van der Waals surface area contributed by atoms with Crippen molar-refractivity contribution in [2.75, 3.05) is 4.90 Å². The van der Waals surface area contributed by atoms with Crippen LogP contribution >= 0.6 is 0 Å². The summed E-state index contributed by atoms with van der Waals surface area (Å²) in [7, 11) is 0. The van der Waals surface area contributed by atoms with E-state index in [9.17, 15) is 20.6 Å². The monoisotopic (exact) mass is 748 g/mol. The third-order valence-electron chi connectivity index (χ3n) is 8.63. The van der Waals surface area contributed by atoms with Crippen LogP contribution in [0.1, 0.15) is 48.0 Å². The number of hydrogen-bond donors (Lipinski definition) is 0. The minimum absolute atomic E-state index is 0.354. The number of furan rings is 1. The van der Waals surface area contributed by atoms with Crippen LogP contribution in [0.25, 0.3) is 87.6 Å². The maximum atomic E-state index is 9.83. The maximum Gasteiger partial charge on any atom is 0.137 e. The fraction of sp³-hybridized carbons (Fsp3) is 0. The van der Waals surface area contributed by atoms with Crippen molar-refractivity contribution >= 4 is 71.3 Å². The molecule has 0 saturated carbocycles. The molecule has 0 aliphatic rings. The fourth-order valence-electron chi connectivity index (χ4n) is 6.12. The van der Waals surface area contributed by atoms with Gasteiger partial charge in [0.05, 0.1) is 59.1 Å². The third-order valence-corrected chi connectivity index (χ3v) is 8.63. The molecule has 11 rings (SSSR count). The lowest BCUT2D eigenvalue weighted by Gasteiger charge is -2.26. The molecule has 262 valence electrons. The van der Waals surface area contributed by atoms with E-state index in [2.05, 4.69) is 0 Å². The van der Waals surface area contributed by atoms with E-state index in [0.29, 0.717) is 4.90 Å². The van der Waals surface area contributed by atoms with E-state index in [0.717, 1.165) is 0 Å². The van der Waals surface area contributed by atoms with Crippen LogP contribution in [-0.4, -0.2) is 0 Å². The van der Waals surface area contributed by atoms with Crippen LogP contribution in [0.3, 0.4) is 0 Å². The molecule has 0 radical (unpaired) electrons. The van der Waals surface area contributed by atoms with E-state index < -0.39 is 316 Å². The first-order valence-corrected chi connectivity index (χ1v) is 16.3. The van der Waals surface area contributed by atoms with Gasteiger partial charge in [0.2, 0.25) is 0 Å². The van der Waals surface area contributed by atoms with Crippen molar-refractivity contribution in [1.29, 1.82) is 0 Å². The van der Waals surface area contributed by atoms with Gasteiger partial charge in [-0.1, -0.05) is 169 Å². The summed E-state index contributed by atoms with van der Waals surface area (Å²) in [6.07, 6.45) is 0. The molecular weight excluding hydrogens is 679 g/mol. The van der Waals surface area contributed by atoms with Crippen LogP contribution in [0.2, 0.25) is 0 Å². The van der Waals surface area contributed by atoms with Crippen LogP contribution in [-0.2, 0) is 0 Å². The Bertz CT molecular complexity index is 5210. The highest BCUT2D eigenvalue weighted by molar-refractivity contribution is 6.14. The van der Waals surface area contributed by atoms with Crippen molar-refractivity contribution in [1.82, 2.24) is 0 Å². The zero-order valence-electron chi connectivity index (χ0n) is 62.9. The van der Waals surface area contributed by atoms with Gasteiger partial charge in [0.15, 0.2) is 0 Å². The van der Waals surface area contributed by atoms with E-state index in [1.807, 2.05) is 0 Å². The number of rotatable bonds is 6. The summed E-state index contributed by atoms with van der Waals surface area (Å²) in [5.41, 5.74) is -10.5. The van der Waals surface area contributed by atoms with Crippen LogP contribution in [0.15, 0.2) is 216 Å². The van der Waals surface area contributed by atoms with Crippen molar-refractivity contribution in [3.05, 3.63) is 211 Å². The van der Waals surface area contributed by atoms with E-state index >= 15 is 0 Å². The van der Waals surface area contributed by atoms with Gasteiger partial charge < -0.3 is 9.32 Å². The molecule has 0 aliphatic carbocycles. The summed E-state index contributed by atoms with van der Waals surface area (Å²) in [6.45, 7) is 0. The normalized spacial score (nSPS) is 20.3. The molecular formula is C54H35NO. The minimum atomic E-state index is -1.36. The summed E-state index contributed by atoms with van der Waals surface area (Å²) >= 11 is 0. The average molecular weight is 749 g/mol. The first-order chi connectivity index (χ1) is 42.4. The van der Waals surface area contributed by atoms with Gasteiger partial charge in [0.1, 0.15) is 11.2 Å². The molecule has 0 N–H and O–H groups in total. The maximum absolute atomic E-state index is 9.83. The van der Waals surface area contributed by atoms with Gasteiger partial charge in [0, 0.05) is 16.8 Å². The van der Waals surface area contributed by atoms with Crippen LogP contribution in [0.5, 0.6) is 0 Å². The standard InChI is InChI=1S/C54H35NO/c1-3-13-44-38(10-1)12-7-16-45(44)40-24-22-36(23-25-40)37-26-31-42(32-27-37)55(51-19-9-21-53-54(51)50-15-5-6-20-52(50)56-53)43-33-28-41(29-34-43)47-17-8-18-48-46-14-4-2-11-39(46)30-35-49(47)48/h1-35H/i1D,2D,3D,4D,5D,6D,7D,8D,9D,10D,11D,12D,13D,14D,15D,16D,17D,18D,19D,20D,21D,22D,23D,24D,25D,26D,27D,28D,29D,30D,31D,32D,33D,34D,35D. The Labute approximate surface area is 374 Å². The van der Waals surface area contributed by atoms with Crippen molar-refractivity contribution in [2.45, 2.75) is 0 Å². The van der Waals surface area contributed by atoms with Crippen LogP contribution in [0.4, 0.5) is 17.1 Å². The Balaban J connectivity index is 1.28. The third kappa shape index (κ3) is 5.34. The summed E-state index contributed by atoms with van der Waals surface area (Å²) in [4.78, 5) is 0.354. The molecule has 11 aromatic rings. The lowest BCUT2D eigenvalue weighted by Crippen LogP contribution is -2.10. The first kappa shape index (κ1) is 12.6. The molecule has 2 heteroatoms. The van der Waals surface area contributed by atoms with E-state index in [1.54, 1.807) is 0 Å². The zero-order chi connectivity index (χ0) is 67.5. The summed E-state index contributed by atoms with van der Waals surface area (Å²) in [6, 6.07) is -36.7. The fourth-order valence-corrected chi connectivity index (χ4v) is 6.12. The second-order valence-electron chi connectivity index (χ2n) is 11.8. The molecule has 1 heterocycles. The van der Waals surface area contributed by atoms with Gasteiger partial charge in [-0.05, 0) is 108 Å². The molecule has 0 unspecified atom stereocenters. The molecule has 0 aliphatic heterocycles. The van der Waals surface area contributed by atoms with Gasteiger partial charge in [-0.2, -0.15) is 0 Å². The molecule has 0 bridgehead atoms. The van der Waals surface area contributed by atoms with Gasteiger partial charge in [-0.25, -0.2) is 0 Å². The lowest BCUT2D eigenvalue weighted by molar-refractivity contribution is 0.669. The number of nitrogens with zero attached hydrogens (tertiary/aromatic N) is 1. The Morgan fingerprint density at radius 3 is 1.54 bits per heavy atom. The predicted molar refractivity (Wildman–Crippen MR) is 237 cm³/mol. The highest BCUT2D eigenvalue weighted by Gasteiger charge is 2.20. The quantitative estimate of drug-likeness (QED) is 0.157. The molecule has 0 atom stereocenters. The molecule has 56 heavy (non-hydrogen) atoms. The number of hydrogen-bond acceptors (Lipinski definition) is 2. The van der Waals surface area contributed by atoms with Crippen molar-refractivity contribution in [2.24, 2.45) is 0 Å². The minimum Gasteiger partial charge on any atom is -0.456 e. The van der Waals surface area contributed by atoms with E-state index in [1.165, 1.54) is 0 Å². The van der Waals surface area contributed by atoms with Crippen molar-refractivity contribution < 1.29 is 52.4 Å². The summed E-state index contributed by atoms with van der Waals surface area (Å²) in [5.74, 6) is 0. The number of fused-ring (bicyclic) bond motifs is 7. The Kier molecular flexibility index (Phi) is 2.95. The van der Waals surface area contributed by atoms with Gasteiger partial charge in [-0.15, -0.1) is 0 Å². The number of anilines is 3. The Morgan fingerprint density at radius 2 is 0.804 bits per heavy atom. The predicted octanol–water partition coefficient (Wildman–Crippen LogP) is 15.5. The van der Waals surface area contributed by atoms with E-state index in [-0.39, 0.29) is 0 Å². The van der Waals surface area contributed by atoms with Crippen molar-refractivity contribution in [3.63, 3.8) is 0 Å². The topological polar surface area (TPSA) is 16.4 Å². The summed E-state index contributed by atoms with van der Waals surface area (Å²) < 4.78 is 323. The molecule has 0 amide bonds. The van der Waals surface area contributed by atoms with E-state index in [4.69, 9.17) is 31.8 Å². The Hall–Kier alpha value is -7.42. The SMILES string of the molecule is [2H]c1c([2H])c(-c2c([2H])c([2H])c([2H])c3c([2H])c([2H])c([2H])c([2H])c23)c([2H])c([2H])c1-c1c([2H])c([2H])c(N(c2c([2H])c([2H])c(-c3c([2H])c([2H])c([2H])c4c3c([2H])c([2H])c3c([2H])c([2H])c([2H])c([2H])c34)c([2H])c2[2H])c2c([2H])c([2H])c([2H])c3oc4c([2H])c([2H])c([2H])c([2H])c4c23)c([2H])c1[2H]. The van der Waals surface area contributed by atoms with Gasteiger partial charge in [0.25, 0.3) is 0 Å². The Morgan fingerprint density at radius 1 is 0.321 bits per heavy atom. The molecule has 10 aromatic carbocycles. The van der Waals surface area contributed by atoms with Gasteiger partial charge >= 0.3 is 0 Å². The lowest BCUT2D eigenvalue weighted by atomic mass is 9.94. The average Bonchev–Trinajstić information content (AvgIpc) is 1.57. The van der Waals surface area contributed by atoms with Gasteiger partial charge in [-0.3, -0.25) is 0 Å². The molecule has 2 nitrogen and oxygen atoms in total. The van der Waals surface area contributed by atoms with Crippen molar-refractivity contribution in [3.8, 4) is 33.4 Å². The second-order valence-corrected chi connectivity index (χ2v) is 11.8. The summed E-state index contributed by atoms with van der Waals surface area (Å²) in [5, 5.41) is -5.26. The van der Waals surface area contributed by atoms with Crippen LogP contribution in [0, 0.1) is 0 Å². The number of benzene rings is 10. The molecule has 0 saturated heterocycles.